The number of rotatable bonds is 3. The second kappa shape index (κ2) is 5.86. The minimum Gasteiger partial charge on any atom is -0.287 e. The number of nitrogens with zero attached hydrogens (tertiary/aromatic N) is 2. The van der Waals surface area contributed by atoms with Gasteiger partial charge in [-0.25, -0.2) is 26.3 Å². The van der Waals surface area contributed by atoms with Gasteiger partial charge in [0, 0.05) is 12.1 Å². The van der Waals surface area contributed by atoms with Crippen LogP contribution in [0.25, 0.3) is 0 Å². The molecule has 0 radical (unpaired) electrons. The van der Waals surface area contributed by atoms with Crippen LogP contribution in [0, 0.1) is 11.6 Å². The van der Waals surface area contributed by atoms with Gasteiger partial charge in [-0.2, -0.15) is 0 Å². The first kappa shape index (κ1) is 16.4. The standard InChI is InChI=1S/C16H14F2N2O3S/c1-2-20-16(21)19(10-11-12(17)6-5-7-13(11)18)14-8-3-4-9-15(14)24(20,22)23/h3-9H,2,10H2,1H3. The summed E-state index contributed by atoms with van der Waals surface area (Å²) in [6.45, 7) is 1.04. The molecule has 0 aliphatic carbocycles. The summed E-state index contributed by atoms with van der Waals surface area (Å²) in [5, 5.41) is 0. The maximum Gasteiger partial charge on any atom is 0.338 e. The molecule has 0 unspecified atom stereocenters. The number of urea groups is 1. The number of halogens is 2. The van der Waals surface area contributed by atoms with E-state index in [0.717, 1.165) is 17.0 Å². The molecule has 1 aliphatic heterocycles. The van der Waals surface area contributed by atoms with Crippen molar-refractivity contribution in [1.82, 2.24) is 4.31 Å². The zero-order valence-corrected chi connectivity index (χ0v) is 13.6. The highest BCUT2D eigenvalue weighted by atomic mass is 32.2. The summed E-state index contributed by atoms with van der Waals surface area (Å²) in [7, 11) is -3.97. The van der Waals surface area contributed by atoms with E-state index in [4.69, 9.17) is 0 Å². The first-order valence-corrected chi connectivity index (χ1v) is 8.68. The third-order valence-corrected chi connectivity index (χ3v) is 5.73. The average Bonchev–Trinajstić information content (AvgIpc) is 2.54. The largest absolute Gasteiger partial charge is 0.338 e. The molecule has 1 heterocycles. The van der Waals surface area contributed by atoms with Crippen molar-refractivity contribution >= 4 is 21.7 Å². The number of carbonyl (C=O) groups is 1. The highest BCUT2D eigenvalue weighted by Gasteiger charge is 2.40. The Morgan fingerprint density at radius 3 is 2.25 bits per heavy atom. The van der Waals surface area contributed by atoms with E-state index in [9.17, 15) is 22.0 Å². The first-order valence-electron chi connectivity index (χ1n) is 7.24. The van der Waals surface area contributed by atoms with Gasteiger partial charge >= 0.3 is 6.03 Å². The second-order valence-corrected chi connectivity index (χ2v) is 7.04. The van der Waals surface area contributed by atoms with Crippen molar-refractivity contribution in [3.05, 3.63) is 59.7 Å². The summed E-state index contributed by atoms with van der Waals surface area (Å²) < 4.78 is 53.6. The van der Waals surface area contributed by atoms with Crippen LogP contribution in [0.15, 0.2) is 47.4 Å². The minimum atomic E-state index is -3.97. The zero-order valence-electron chi connectivity index (χ0n) is 12.7. The van der Waals surface area contributed by atoms with E-state index in [1.165, 1.54) is 31.2 Å². The molecule has 8 heteroatoms. The van der Waals surface area contributed by atoms with Gasteiger partial charge in [0.2, 0.25) is 0 Å². The lowest BCUT2D eigenvalue weighted by atomic mass is 10.1. The number of sulfonamides is 1. The van der Waals surface area contributed by atoms with Crippen LogP contribution in [-0.4, -0.2) is 25.3 Å². The van der Waals surface area contributed by atoms with Crippen molar-refractivity contribution in [1.29, 1.82) is 0 Å². The van der Waals surface area contributed by atoms with Crippen molar-refractivity contribution in [2.75, 3.05) is 11.4 Å². The van der Waals surface area contributed by atoms with Gasteiger partial charge in [0.05, 0.1) is 12.2 Å². The number of anilines is 1. The smallest absolute Gasteiger partial charge is 0.287 e. The van der Waals surface area contributed by atoms with Crippen molar-refractivity contribution in [2.24, 2.45) is 0 Å². The Morgan fingerprint density at radius 2 is 1.62 bits per heavy atom. The number of carbonyl (C=O) groups excluding carboxylic acids is 1. The van der Waals surface area contributed by atoms with Gasteiger partial charge in [-0.1, -0.05) is 18.2 Å². The minimum absolute atomic E-state index is 0.0665. The zero-order chi connectivity index (χ0) is 17.5. The number of fused-ring (bicyclic) bond motifs is 1. The van der Waals surface area contributed by atoms with Gasteiger partial charge < -0.3 is 0 Å². The molecule has 0 bridgehead atoms. The van der Waals surface area contributed by atoms with Crippen LogP contribution >= 0.6 is 0 Å². The van der Waals surface area contributed by atoms with Crippen molar-refractivity contribution in [3.63, 3.8) is 0 Å². The lowest BCUT2D eigenvalue weighted by Crippen LogP contribution is -2.50. The van der Waals surface area contributed by atoms with Crippen LogP contribution in [0.5, 0.6) is 0 Å². The molecule has 2 aromatic rings. The van der Waals surface area contributed by atoms with E-state index in [1.807, 2.05) is 0 Å². The Kier molecular flexibility index (Phi) is 4.00. The van der Waals surface area contributed by atoms with E-state index < -0.39 is 34.2 Å². The third kappa shape index (κ3) is 2.43. The summed E-state index contributed by atoms with van der Waals surface area (Å²) in [5.74, 6) is -1.59. The van der Waals surface area contributed by atoms with Crippen molar-refractivity contribution in [3.8, 4) is 0 Å². The molecule has 2 amide bonds. The topological polar surface area (TPSA) is 57.7 Å². The summed E-state index contributed by atoms with van der Waals surface area (Å²) in [6.07, 6.45) is 0. The maximum atomic E-state index is 13.9. The molecule has 126 valence electrons. The highest BCUT2D eigenvalue weighted by molar-refractivity contribution is 7.90. The quantitative estimate of drug-likeness (QED) is 0.853. The number of para-hydroxylation sites is 1. The Morgan fingerprint density at radius 1 is 1.00 bits per heavy atom. The summed E-state index contributed by atoms with van der Waals surface area (Å²) in [6, 6.07) is 8.47. The van der Waals surface area contributed by atoms with E-state index in [-0.39, 0.29) is 22.7 Å². The molecule has 0 atom stereocenters. The van der Waals surface area contributed by atoms with Crippen LogP contribution in [0.2, 0.25) is 0 Å². The Labute approximate surface area is 138 Å². The fourth-order valence-corrected chi connectivity index (χ4v) is 4.23. The second-order valence-electron chi connectivity index (χ2n) is 5.21. The SMILES string of the molecule is CCN1C(=O)N(Cc2c(F)cccc2F)c2ccccc2S1(=O)=O. The lowest BCUT2D eigenvalue weighted by molar-refractivity contribution is 0.228. The molecular weight excluding hydrogens is 338 g/mol. The molecule has 1 aliphatic rings. The molecule has 0 N–H and O–H groups in total. The van der Waals surface area contributed by atoms with Crippen LogP contribution in [0.1, 0.15) is 12.5 Å². The van der Waals surface area contributed by atoms with Gasteiger partial charge in [0.25, 0.3) is 10.0 Å². The monoisotopic (exact) mass is 352 g/mol. The number of amides is 2. The molecule has 0 saturated heterocycles. The number of hydrogen-bond acceptors (Lipinski definition) is 3. The number of benzene rings is 2. The van der Waals surface area contributed by atoms with Gasteiger partial charge in [0.15, 0.2) is 0 Å². The average molecular weight is 352 g/mol. The summed E-state index contributed by atoms with van der Waals surface area (Å²) in [5.41, 5.74) is -0.189. The highest BCUT2D eigenvalue weighted by Crippen LogP contribution is 2.35. The predicted molar refractivity (Wildman–Crippen MR) is 83.9 cm³/mol. The Balaban J connectivity index is 2.15. The van der Waals surface area contributed by atoms with Crippen LogP contribution < -0.4 is 4.90 Å². The Hall–Kier alpha value is -2.48. The van der Waals surface area contributed by atoms with Gasteiger partial charge in [-0.15, -0.1) is 0 Å². The molecule has 0 saturated carbocycles. The first-order chi connectivity index (χ1) is 11.4. The lowest BCUT2D eigenvalue weighted by Gasteiger charge is -2.35. The molecule has 5 nitrogen and oxygen atoms in total. The summed E-state index contributed by atoms with van der Waals surface area (Å²) >= 11 is 0. The maximum absolute atomic E-state index is 13.9. The van der Waals surface area contributed by atoms with Crippen LogP contribution in [-0.2, 0) is 16.6 Å². The van der Waals surface area contributed by atoms with Crippen LogP contribution in [0.3, 0.4) is 0 Å². The Bertz CT molecular complexity index is 895. The molecule has 24 heavy (non-hydrogen) atoms. The van der Waals surface area contributed by atoms with E-state index in [2.05, 4.69) is 0 Å². The van der Waals surface area contributed by atoms with Crippen molar-refractivity contribution in [2.45, 2.75) is 18.4 Å². The molecule has 3 rings (SSSR count). The number of hydrogen-bond donors (Lipinski definition) is 0. The summed E-state index contributed by atoms with van der Waals surface area (Å²) in [4.78, 5) is 13.6. The van der Waals surface area contributed by atoms with E-state index in [0.29, 0.717) is 4.31 Å². The molecule has 0 fully saturated rings. The van der Waals surface area contributed by atoms with Gasteiger partial charge in [-0.05, 0) is 31.2 Å². The fourth-order valence-electron chi connectivity index (χ4n) is 2.66. The van der Waals surface area contributed by atoms with E-state index >= 15 is 0 Å². The van der Waals surface area contributed by atoms with Crippen molar-refractivity contribution < 1.29 is 22.0 Å². The molecule has 0 spiro atoms. The fraction of sp³-hybridized carbons (Fsp3) is 0.188. The normalized spacial score (nSPS) is 16.2. The molecule has 2 aromatic carbocycles. The molecule has 0 aromatic heterocycles. The third-order valence-electron chi connectivity index (χ3n) is 3.83. The van der Waals surface area contributed by atoms with Gasteiger partial charge in [-0.3, -0.25) is 4.90 Å². The predicted octanol–water partition coefficient (Wildman–Crippen LogP) is 3.12. The van der Waals surface area contributed by atoms with E-state index in [1.54, 1.807) is 6.07 Å². The molecular formula is C16H14F2N2O3S. The van der Waals surface area contributed by atoms with Crippen LogP contribution in [0.4, 0.5) is 19.3 Å². The van der Waals surface area contributed by atoms with Gasteiger partial charge in [0.1, 0.15) is 16.5 Å².